The van der Waals surface area contributed by atoms with E-state index in [9.17, 15) is 18.0 Å². The molecule has 2 aromatic rings. The lowest BCUT2D eigenvalue weighted by atomic mass is 9.86. The molecule has 2 fully saturated rings. The SMILES string of the molecule is Cc1c(OCCCCBr)ccc([C@H]2CCCC3CN(C(=O)c4cnccc4C(F)(F)F)CCN32)c1C. The van der Waals surface area contributed by atoms with Crippen molar-refractivity contribution in [2.24, 2.45) is 0 Å². The summed E-state index contributed by atoms with van der Waals surface area (Å²) in [5.74, 6) is 0.330. The van der Waals surface area contributed by atoms with Gasteiger partial charge in [-0.2, -0.15) is 13.2 Å². The number of hydrogen-bond donors (Lipinski definition) is 0. The average Bonchev–Trinajstić information content (AvgIpc) is 2.87. The first kappa shape index (κ1) is 26.9. The van der Waals surface area contributed by atoms with Gasteiger partial charge in [0.25, 0.3) is 5.91 Å². The molecule has 5 nitrogen and oxygen atoms in total. The Kier molecular flexibility index (Phi) is 8.60. The van der Waals surface area contributed by atoms with E-state index in [1.807, 2.05) is 0 Å². The molecule has 0 aliphatic carbocycles. The van der Waals surface area contributed by atoms with Crippen molar-refractivity contribution in [1.82, 2.24) is 14.8 Å². The first-order chi connectivity index (χ1) is 17.2. The Morgan fingerprint density at radius 3 is 2.69 bits per heavy atom. The lowest BCUT2D eigenvalue weighted by molar-refractivity contribution is -0.138. The van der Waals surface area contributed by atoms with E-state index in [1.165, 1.54) is 11.1 Å². The van der Waals surface area contributed by atoms with Crippen LogP contribution in [0.2, 0.25) is 0 Å². The molecule has 0 N–H and O–H groups in total. The fourth-order valence-electron chi connectivity index (χ4n) is 5.46. The average molecular weight is 568 g/mol. The lowest BCUT2D eigenvalue weighted by Gasteiger charge is -2.49. The Balaban J connectivity index is 1.48. The highest BCUT2D eigenvalue weighted by molar-refractivity contribution is 9.09. The molecule has 0 saturated carbocycles. The summed E-state index contributed by atoms with van der Waals surface area (Å²) in [6, 6.07) is 5.45. The van der Waals surface area contributed by atoms with Crippen molar-refractivity contribution in [1.29, 1.82) is 0 Å². The van der Waals surface area contributed by atoms with Gasteiger partial charge in [-0.1, -0.05) is 22.0 Å². The van der Waals surface area contributed by atoms with Crippen LogP contribution in [0.5, 0.6) is 5.75 Å². The number of carbonyl (C=O) groups excluding carboxylic acids is 1. The summed E-state index contributed by atoms with van der Waals surface area (Å²) in [7, 11) is 0. The van der Waals surface area contributed by atoms with Crippen molar-refractivity contribution in [2.75, 3.05) is 31.6 Å². The number of nitrogens with zero attached hydrogens (tertiary/aromatic N) is 3. The molecule has 1 aromatic heterocycles. The summed E-state index contributed by atoms with van der Waals surface area (Å²) in [4.78, 5) is 20.9. The van der Waals surface area contributed by atoms with Crippen molar-refractivity contribution in [3.05, 3.63) is 58.4 Å². The number of fused-ring (bicyclic) bond motifs is 1. The van der Waals surface area contributed by atoms with Gasteiger partial charge in [-0.25, -0.2) is 0 Å². The number of piperidine rings is 1. The standard InChI is InChI=1S/C27H33BrF3N3O2/c1-18-19(2)25(36-15-4-3-11-28)9-8-21(18)24-7-5-6-20-17-33(13-14-34(20)24)26(35)22-16-32-12-10-23(22)27(29,30)31/h8-10,12,16,20,24H,3-7,11,13-15,17H2,1-2H3/t20?,24-/m1/s1. The Morgan fingerprint density at radius 1 is 1.14 bits per heavy atom. The number of halogens is 4. The largest absolute Gasteiger partial charge is 0.493 e. The van der Waals surface area contributed by atoms with Gasteiger partial charge in [-0.05, 0) is 74.8 Å². The molecule has 1 aromatic carbocycles. The number of benzene rings is 1. The van der Waals surface area contributed by atoms with Crippen LogP contribution in [0.15, 0.2) is 30.6 Å². The third-order valence-electron chi connectivity index (χ3n) is 7.51. The minimum Gasteiger partial charge on any atom is -0.493 e. The highest BCUT2D eigenvalue weighted by atomic mass is 79.9. The summed E-state index contributed by atoms with van der Waals surface area (Å²) < 4.78 is 46.4. The van der Waals surface area contributed by atoms with Crippen LogP contribution < -0.4 is 4.74 Å². The molecule has 196 valence electrons. The quantitative estimate of drug-likeness (QED) is 0.290. The van der Waals surface area contributed by atoms with Gasteiger partial charge >= 0.3 is 6.18 Å². The molecule has 36 heavy (non-hydrogen) atoms. The second kappa shape index (κ2) is 11.5. The monoisotopic (exact) mass is 567 g/mol. The van der Waals surface area contributed by atoms with E-state index in [1.54, 1.807) is 4.90 Å². The van der Waals surface area contributed by atoms with Gasteiger partial charge in [-0.15, -0.1) is 0 Å². The molecule has 0 radical (unpaired) electrons. The normalized spacial score (nSPS) is 20.8. The van der Waals surface area contributed by atoms with Crippen molar-refractivity contribution in [3.8, 4) is 5.75 Å². The van der Waals surface area contributed by atoms with Crippen LogP contribution in [0.25, 0.3) is 0 Å². The number of amides is 1. The Labute approximate surface area is 219 Å². The highest BCUT2D eigenvalue weighted by Gasteiger charge is 2.40. The molecule has 1 unspecified atom stereocenters. The summed E-state index contributed by atoms with van der Waals surface area (Å²) in [5.41, 5.74) is 2.35. The Morgan fingerprint density at radius 2 is 1.94 bits per heavy atom. The maximum atomic E-state index is 13.5. The number of rotatable bonds is 7. The number of piperazine rings is 1. The zero-order chi connectivity index (χ0) is 25.9. The Bertz CT molecular complexity index is 1080. The van der Waals surface area contributed by atoms with E-state index in [4.69, 9.17) is 4.74 Å². The third-order valence-corrected chi connectivity index (χ3v) is 8.07. The summed E-state index contributed by atoms with van der Waals surface area (Å²) >= 11 is 3.45. The molecule has 0 spiro atoms. The smallest absolute Gasteiger partial charge is 0.417 e. The van der Waals surface area contributed by atoms with Crippen LogP contribution >= 0.6 is 15.9 Å². The van der Waals surface area contributed by atoms with Crippen molar-refractivity contribution in [3.63, 3.8) is 0 Å². The van der Waals surface area contributed by atoms with Crippen molar-refractivity contribution < 1.29 is 22.7 Å². The zero-order valence-electron chi connectivity index (χ0n) is 20.8. The molecular weight excluding hydrogens is 535 g/mol. The summed E-state index contributed by atoms with van der Waals surface area (Å²) in [5, 5.41) is 0.973. The Hall–Kier alpha value is -2.13. The number of carbonyl (C=O) groups is 1. The molecule has 2 saturated heterocycles. The van der Waals surface area contributed by atoms with E-state index < -0.39 is 17.6 Å². The molecule has 2 aliphatic rings. The number of unbranched alkanes of at least 4 members (excludes halogenated alkanes) is 1. The first-order valence-electron chi connectivity index (χ1n) is 12.6. The minimum atomic E-state index is -4.59. The predicted molar refractivity (Wildman–Crippen MR) is 137 cm³/mol. The molecular formula is C27H33BrF3N3O2. The lowest BCUT2D eigenvalue weighted by Crippen LogP contribution is -2.57. The molecule has 1 amide bonds. The van der Waals surface area contributed by atoms with Crippen LogP contribution in [0.3, 0.4) is 0 Å². The van der Waals surface area contributed by atoms with E-state index in [0.29, 0.717) is 26.2 Å². The number of alkyl halides is 4. The van der Waals surface area contributed by atoms with E-state index in [2.05, 4.69) is 51.8 Å². The number of hydrogen-bond acceptors (Lipinski definition) is 4. The van der Waals surface area contributed by atoms with Gasteiger partial charge in [0, 0.05) is 49.4 Å². The van der Waals surface area contributed by atoms with E-state index in [-0.39, 0.29) is 17.6 Å². The minimum absolute atomic E-state index is 0.118. The summed E-state index contributed by atoms with van der Waals surface area (Å²) in [6.45, 7) is 6.38. The fraction of sp³-hybridized carbons (Fsp3) is 0.556. The van der Waals surface area contributed by atoms with Crippen LogP contribution in [0, 0.1) is 13.8 Å². The number of aromatic nitrogens is 1. The van der Waals surface area contributed by atoms with Gasteiger partial charge in [0.2, 0.25) is 0 Å². The van der Waals surface area contributed by atoms with Crippen LogP contribution in [-0.2, 0) is 6.18 Å². The van der Waals surface area contributed by atoms with Gasteiger partial charge in [0.05, 0.1) is 17.7 Å². The van der Waals surface area contributed by atoms with Gasteiger partial charge in [-0.3, -0.25) is 14.7 Å². The van der Waals surface area contributed by atoms with E-state index in [0.717, 1.165) is 67.2 Å². The highest BCUT2D eigenvalue weighted by Crippen LogP contribution is 2.40. The number of pyridine rings is 1. The third kappa shape index (κ3) is 5.72. The molecule has 9 heteroatoms. The van der Waals surface area contributed by atoms with Crippen molar-refractivity contribution >= 4 is 21.8 Å². The second-order valence-electron chi connectivity index (χ2n) is 9.66. The van der Waals surface area contributed by atoms with Gasteiger partial charge < -0.3 is 9.64 Å². The van der Waals surface area contributed by atoms with Crippen LogP contribution in [0.4, 0.5) is 13.2 Å². The zero-order valence-corrected chi connectivity index (χ0v) is 22.4. The van der Waals surface area contributed by atoms with Crippen LogP contribution in [-0.4, -0.2) is 58.3 Å². The van der Waals surface area contributed by atoms with Gasteiger partial charge in [0.15, 0.2) is 0 Å². The number of ether oxygens (including phenoxy) is 1. The molecule has 4 rings (SSSR count). The van der Waals surface area contributed by atoms with Crippen LogP contribution in [0.1, 0.15) is 70.8 Å². The molecule has 2 aliphatic heterocycles. The topological polar surface area (TPSA) is 45.7 Å². The first-order valence-corrected chi connectivity index (χ1v) is 13.7. The fourth-order valence-corrected chi connectivity index (χ4v) is 5.86. The second-order valence-corrected chi connectivity index (χ2v) is 10.4. The molecule has 2 atom stereocenters. The van der Waals surface area contributed by atoms with Gasteiger partial charge in [0.1, 0.15) is 5.75 Å². The van der Waals surface area contributed by atoms with E-state index >= 15 is 0 Å². The molecule has 3 heterocycles. The molecule has 0 bridgehead atoms. The van der Waals surface area contributed by atoms with Crippen molar-refractivity contribution in [2.45, 2.75) is 64.2 Å². The predicted octanol–water partition coefficient (Wildman–Crippen LogP) is 6.32. The maximum absolute atomic E-state index is 13.5. The maximum Gasteiger partial charge on any atom is 0.417 e. The summed E-state index contributed by atoms with van der Waals surface area (Å²) in [6.07, 6.45) is 2.56.